The van der Waals surface area contributed by atoms with E-state index in [2.05, 4.69) is 5.32 Å². The molecule has 6 heteroatoms. The van der Waals surface area contributed by atoms with Gasteiger partial charge in [-0.2, -0.15) is 0 Å². The normalized spacial score (nSPS) is 11.7. The van der Waals surface area contributed by atoms with Gasteiger partial charge in [-0.25, -0.2) is 0 Å². The number of ketones is 1. The van der Waals surface area contributed by atoms with Crippen molar-refractivity contribution in [2.45, 2.75) is 20.8 Å². The molecular weight excluding hydrogens is 294 g/mol. The van der Waals surface area contributed by atoms with E-state index in [0.717, 1.165) is 4.90 Å². The number of quaternary nitrogens is 1. The standard InChI is InChI=1S/C17H25N3O3/c1-5-20(6-2)17(23)12-19(4)11-16(22)18-15-9-7-8-14(10-15)13(3)21/h7-10H,5-6,11-12H2,1-4H3,(H,18,22)/p+1. The van der Waals surface area contributed by atoms with E-state index in [0.29, 0.717) is 24.3 Å². The Morgan fingerprint density at radius 1 is 1.13 bits per heavy atom. The highest BCUT2D eigenvalue weighted by molar-refractivity contribution is 5.97. The van der Waals surface area contributed by atoms with Crippen LogP contribution in [-0.4, -0.2) is 55.7 Å². The van der Waals surface area contributed by atoms with Gasteiger partial charge in [0.15, 0.2) is 18.9 Å². The molecule has 6 nitrogen and oxygen atoms in total. The molecule has 0 saturated carbocycles. The van der Waals surface area contributed by atoms with Crippen molar-refractivity contribution in [3.05, 3.63) is 29.8 Å². The molecule has 0 bridgehead atoms. The molecule has 0 aromatic heterocycles. The fourth-order valence-corrected chi connectivity index (χ4v) is 2.30. The lowest BCUT2D eigenvalue weighted by molar-refractivity contribution is -0.862. The van der Waals surface area contributed by atoms with Crippen LogP contribution in [0, 0.1) is 0 Å². The summed E-state index contributed by atoms with van der Waals surface area (Å²) in [4.78, 5) is 38.0. The van der Waals surface area contributed by atoms with E-state index < -0.39 is 0 Å². The Bertz CT molecular complexity index is 568. The Hall–Kier alpha value is -2.21. The molecule has 0 spiro atoms. The predicted octanol–water partition coefficient (Wildman–Crippen LogP) is 0.211. The van der Waals surface area contributed by atoms with Crippen molar-refractivity contribution in [2.75, 3.05) is 38.5 Å². The quantitative estimate of drug-likeness (QED) is 0.673. The molecule has 0 aliphatic rings. The molecule has 0 fully saturated rings. The number of rotatable bonds is 8. The second-order valence-electron chi connectivity index (χ2n) is 5.56. The third kappa shape index (κ3) is 6.20. The SMILES string of the molecule is CCN(CC)C(=O)C[NH+](C)CC(=O)Nc1cccc(C(C)=O)c1. The molecule has 1 unspecified atom stereocenters. The summed E-state index contributed by atoms with van der Waals surface area (Å²) in [5, 5.41) is 2.76. The van der Waals surface area contributed by atoms with Crippen molar-refractivity contribution in [3.63, 3.8) is 0 Å². The van der Waals surface area contributed by atoms with Gasteiger partial charge in [-0.15, -0.1) is 0 Å². The van der Waals surface area contributed by atoms with Gasteiger partial charge in [0.1, 0.15) is 0 Å². The topological polar surface area (TPSA) is 70.9 Å². The molecule has 23 heavy (non-hydrogen) atoms. The summed E-state index contributed by atoms with van der Waals surface area (Å²) in [5.41, 5.74) is 1.14. The minimum absolute atomic E-state index is 0.0406. The van der Waals surface area contributed by atoms with E-state index in [1.54, 1.807) is 29.2 Å². The van der Waals surface area contributed by atoms with Crippen LogP contribution in [0.25, 0.3) is 0 Å². The van der Waals surface area contributed by atoms with Gasteiger partial charge in [0, 0.05) is 24.3 Å². The number of nitrogens with one attached hydrogen (secondary N) is 2. The predicted molar refractivity (Wildman–Crippen MR) is 89.6 cm³/mol. The van der Waals surface area contributed by atoms with E-state index in [1.165, 1.54) is 6.92 Å². The molecule has 1 rings (SSSR count). The zero-order chi connectivity index (χ0) is 17.4. The lowest BCUT2D eigenvalue weighted by Crippen LogP contribution is -3.11. The van der Waals surface area contributed by atoms with Crippen LogP contribution >= 0.6 is 0 Å². The number of Topliss-reactive ketones (excluding diaryl/α,β-unsaturated/α-hetero) is 1. The van der Waals surface area contributed by atoms with E-state index >= 15 is 0 Å². The molecular formula is C17H26N3O3+. The highest BCUT2D eigenvalue weighted by atomic mass is 16.2. The highest BCUT2D eigenvalue weighted by Crippen LogP contribution is 2.10. The summed E-state index contributed by atoms with van der Waals surface area (Å²) in [6.07, 6.45) is 0. The van der Waals surface area contributed by atoms with Gasteiger partial charge in [0.25, 0.3) is 11.8 Å². The van der Waals surface area contributed by atoms with Crippen molar-refractivity contribution in [1.29, 1.82) is 0 Å². The van der Waals surface area contributed by atoms with Gasteiger partial charge in [-0.05, 0) is 32.9 Å². The largest absolute Gasteiger partial charge is 0.338 e. The number of hydrogen-bond donors (Lipinski definition) is 2. The number of hydrogen-bond acceptors (Lipinski definition) is 3. The number of likely N-dealkylation sites (N-methyl/N-ethyl adjacent to an activating group) is 2. The molecule has 126 valence electrons. The summed E-state index contributed by atoms with van der Waals surface area (Å²) < 4.78 is 0. The van der Waals surface area contributed by atoms with Gasteiger partial charge < -0.3 is 15.1 Å². The van der Waals surface area contributed by atoms with Crippen LogP contribution in [0.4, 0.5) is 5.69 Å². The third-order valence-corrected chi connectivity index (χ3v) is 3.58. The van der Waals surface area contributed by atoms with Crippen LogP contribution in [0.1, 0.15) is 31.1 Å². The number of benzene rings is 1. The first-order valence-electron chi connectivity index (χ1n) is 7.87. The minimum Gasteiger partial charge on any atom is -0.338 e. The lowest BCUT2D eigenvalue weighted by atomic mass is 10.1. The Kier molecular flexibility index (Phi) is 7.41. The fourth-order valence-electron chi connectivity index (χ4n) is 2.30. The van der Waals surface area contributed by atoms with Crippen LogP contribution < -0.4 is 10.2 Å². The van der Waals surface area contributed by atoms with Gasteiger partial charge in [0.2, 0.25) is 0 Å². The molecule has 1 aromatic rings. The van der Waals surface area contributed by atoms with Crippen molar-refractivity contribution < 1.29 is 19.3 Å². The Morgan fingerprint density at radius 3 is 2.35 bits per heavy atom. The van der Waals surface area contributed by atoms with Gasteiger partial charge in [-0.1, -0.05) is 12.1 Å². The van der Waals surface area contributed by atoms with Crippen LogP contribution in [0.3, 0.4) is 0 Å². The number of carbonyl (C=O) groups excluding carboxylic acids is 3. The maximum atomic E-state index is 12.1. The van der Waals surface area contributed by atoms with Crippen LogP contribution in [-0.2, 0) is 9.59 Å². The minimum atomic E-state index is -0.185. The summed E-state index contributed by atoms with van der Waals surface area (Å²) >= 11 is 0. The second-order valence-corrected chi connectivity index (χ2v) is 5.56. The van der Waals surface area contributed by atoms with Gasteiger partial charge in [-0.3, -0.25) is 14.4 Å². The molecule has 0 heterocycles. The lowest BCUT2D eigenvalue weighted by Gasteiger charge is -2.20. The van der Waals surface area contributed by atoms with Crippen molar-refractivity contribution in [2.24, 2.45) is 0 Å². The molecule has 0 aliphatic carbocycles. The smallest absolute Gasteiger partial charge is 0.279 e. The van der Waals surface area contributed by atoms with Crippen LogP contribution in [0.5, 0.6) is 0 Å². The molecule has 1 atom stereocenters. The summed E-state index contributed by atoms with van der Waals surface area (Å²) in [7, 11) is 1.81. The van der Waals surface area contributed by atoms with E-state index in [9.17, 15) is 14.4 Å². The third-order valence-electron chi connectivity index (χ3n) is 3.58. The first-order chi connectivity index (χ1) is 10.9. The van der Waals surface area contributed by atoms with Gasteiger partial charge >= 0.3 is 0 Å². The number of anilines is 1. The zero-order valence-electron chi connectivity index (χ0n) is 14.3. The molecule has 1 aromatic carbocycles. The maximum Gasteiger partial charge on any atom is 0.279 e. The molecule has 0 radical (unpaired) electrons. The fraction of sp³-hybridized carbons (Fsp3) is 0.471. The first kappa shape index (κ1) is 18.8. The van der Waals surface area contributed by atoms with E-state index in [-0.39, 0.29) is 30.7 Å². The number of nitrogens with zero attached hydrogens (tertiary/aromatic N) is 1. The van der Waals surface area contributed by atoms with Crippen molar-refractivity contribution >= 4 is 23.3 Å². The van der Waals surface area contributed by atoms with E-state index in [1.807, 2.05) is 20.9 Å². The first-order valence-corrected chi connectivity index (χ1v) is 7.87. The highest BCUT2D eigenvalue weighted by Gasteiger charge is 2.17. The van der Waals surface area contributed by atoms with Crippen molar-refractivity contribution in [1.82, 2.24) is 4.90 Å². The Balaban J connectivity index is 2.54. The number of carbonyl (C=O) groups is 3. The van der Waals surface area contributed by atoms with Gasteiger partial charge in [0.05, 0.1) is 7.05 Å². The van der Waals surface area contributed by atoms with Crippen LogP contribution in [0.2, 0.25) is 0 Å². The molecule has 0 saturated heterocycles. The summed E-state index contributed by atoms with van der Waals surface area (Å²) in [5.74, 6) is -0.192. The zero-order valence-corrected chi connectivity index (χ0v) is 14.3. The molecule has 2 amide bonds. The maximum absolute atomic E-state index is 12.1. The molecule has 2 N–H and O–H groups in total. The Labute approximate surface area is 137 Å². The second kappa shape index (κ2) is 9.05. The van der Waals surface area contributed by atoms with E-state index in [4.69, 9.17) is 0 Å². The van der Waals surface area contributed by atoms with Crippen molar-refractivity contribution in [3.8, 4) is 0 Å². The average molecular weight is 320 g/mol. The Morgan fingerprint density at radius 2 is 1.78 bits per heavy atom. The monoisotopic (exact) mass is 320 g/mol. The molecule has 0 aliphatic heterocycles. The summed E-state index contributed by atoms with van der Waals surface area (Å²) in [6, 6.07) is 6.82. The average Bonchev–Trinajstić information content (AvgIpc) is 2.48. The number of amides is 2. The van der Waals surface area contributed by atoms with Crippen LogP contribution in [0.15, 0.2) is 24.3 Å². The summed E-state index contributed by atoms with van der Waals surface area (Å²) in [6.45, 7) is 7.17.